The van der Waals surface area contributed by atoms with Crippen LogP contribution in [-0.2, 0) is 19.8 Å². The number of aromatic nitrogens is 4. The molecule has 0 unspecified atom stereocenters. The van der Waals surface area contributed by atoms with Crippen LogP contribution in [0.2, 0.25) is 0 Å². The van der Waals surface area contributed by atoms with E-state index in [2.05, 4.69) is 15.5 Å². The van der Waals surface area contributed by atoms with Gasteiger partial charge in [0.15, 0.2) is 0 Å². The number of hydrogen-bond acceptors (Lipinski definition) is 3. The minimum atomic E-state index is -4.42. The maximum absolute atomic E-state index is 12.9. The minimum absolute atomic E-state index is 0.0428. The average Bonchev–Trinajstić information content (AvgIpc) is 2.91. The number of alkyl halides is 3. The summed E-state index contributed by atoms with van der Waals surface area (Å²) in [7, 11) is 1.28. The molecule has 8 heteroatoms. The second-order valence-electron chi connectivity index (χ2n) is 4.75. The van der Waals surface area contributed by atoms with E-state index in [-0.39, 0.29) is 18.2 Å². The molecule has 0 aliphatic heterocycles. The Labute approximate surface area is 114 Å². The Morgan fingerprint density at radius 2 is 2.00 bits per heavy atom. The van der Waals surface area contributed by atoms with Crippen LogP contribution in [0.25, 0.3) is 0 Å². The molecule has 110 valence electrons. The number of aryl methyl sites for hydroxylation is 1. The van der Waals surface area contributed by atoms with Gasteiger partial charge in [0.05, 0.1) is 12.4 Å². The van der Waals surface area contributed by atoms with Crippen LogP contribution in [0.1, 0.15) is 31.1 Å². The van der Waals surface area contributed by atoms with E-state index < -0.39 is 11.9 Å². The lowest BCUT2D eigenvalue weighted by atomic mass is 10.2. The molecular weight excluding hydrogens is 271 g/mol. The summed E-state index contributed by atoms with van der Waals surface area (Å²) >= 11 is 0. The number of nitrogens with zero attached hydrogens (tertiary/aromatic N) is 4. The molecule has 1 N–H and O–H groups in total. The van der Waals surface area contributed by atoms with Crippen LogP contribution in [0.4, 0.5) is 19.0 Å². The molecule has 2 heterocycles. The third-order valence-corrected chi connectivity index (χ3v) is 2.90. The molecule has 2 aromatic rings. The van der Waals surface area contributed by atoms with Gasteiger partial charge in [0, 0.05) is 31.3 Å². The Hall–Kier alpha value is -1.99. The van der Waals surface area contributed by atoms with Crippen molar-refractivity contribution in [3.05, 3.63) is 29.7 Å². The number of anilines is 1. The van der Waals surface area contributed by atoms with Crippen molar-refractivity contribution >= 4 is 5.82 Å². The maximum atomic E-state index is 12.9. The minimum Gasteiger partial charge on any atom is -0.366 e. The zero-order chi connectivity index (χ0) is 14.9. The van der Waals surface area contributed by atoms with Gasteiger partial charge in [-0.15, -0.1) is 0 Å². The SMILES string of the molecule is CC(C)n1nccc1NCc1cnn(C)c1C(F)(F)F. The van der Waals surface area contributed by atoms with Crippen molar-refractivity contribution in [1.82, 2.24) is 19.6 Å². The first-order valence-electron chi connectivity index (χ1n) is 6.16. The molecule has 0 aliphatic rings. The molecule has 0 aliphatic carbocycles. The summed E-state index contributed by atoms with van der Waals surface area (Å²) in [5, 5.41) is 10.8. The van der Waals surface area contributed by atoms with E-state index >= 15 is 0 Å². The number of nitrogens with one attached hydrogen (secondary N) is 1. The Bertz CT molecular complexity index is 582. The third kappa shape index (κ3) is 2.78. The molecular formula is C12H16F3N5. The van der Waals surface area contributed by atoms with Gasteiger partial charge >= 0.3 is 6.18 Å². The topological polar surface area (TPSA) is 47.7 Å². The molecule has 0 atom stereocenters. The van der Waals surface area contributed by atoms with Gasteiger partial charge in [-0.1, -0.05) is 0 Å². The highest BCUT2D eigenvalue weighted by Gasteiger charge is 2.37. The highest BCUT2D eigenvalue weighted by Crippen LogP contribution is 2.31. The van der Waals surface area contributed by atoms with Gasteiger partial charge in [-0.2, -0.15) is 23.4 Å². The van der Waals surface area contributed by atoms with Crippen molar-refractivity contribution in [3.63, 3.8) is 0 Å². The molecule has 0 aromatic carbocycles. The van der Waals surface area contributed by atoms with Gasteiger partial charge in [-0.3, -0.25) is 4.68 Å². The monoisotopic (exact) mass is 287 g/mol. The van der Waals surface area contributed by atoms with E-state index in [1.807, 2.05) is 13.8 Å². The highest BCUT2D eigenvalue weighted by molar-refractivity contribution is 5.36. The standard InChI is InChI=1S/C12H16F3N5/c1-8(2)20-10(4-5-17-20)16-6-9-7-18-19(3)11(9)12(13,14)15/h4-5,7-8,16H,6H2,1-3H3. The van der Waals surface area contributed by atoms with Crippen molar-refractivity contribution in [2.24, 2.45) is 7.05 Å². The smallest absolute Gasteiger partial charge is 0.366 e. The zero-order valence-electron chi connectivity index (χ0n) is 11.4. The summed E-state index contributed by atoms with van der Waals surface area (Å²) in [5.74, 6) is 0.678. The van der Waals surface area contributed by atoms with Crippen molar-refractivity contribution in [3.8, 4) is 0 Å². The Balaban J connectivity index is 2.18. The zero-order valence-corrected chi connectivity index (χ0v) is 11.4. The van der Waals surface area contributed by atoms with Gasteiger partial charge in [0.2, 0.25) is 0 Å². The van der Waals surface area contributed by atoms with Gasteiger partial charge in [0.25, 0.3) is 0 Å². The fraction of sp³-hybridized carbons (Fsp3) is 0.500. The van der Waals surface area contributed by atoms with Crippen LogP contribution in [0.5, 0.6) is 0 Å². The Kier molecular flexibility index (Phi) is 3.74. The molecule has 0 amide bonds. The lowest BCUT2D eigenvalue weighted by Gasteiger charge is -2.14. The molecule has 2 rings (SSSR count). The fourth-order valence-electron chi connectivity index (χ4n) is 2.03. The quantitative estimate of drug-likeness (QED) is 0.940. The molecule has 5 nitrogen and oxygen atoms in total. The summed E-state index contributed by atoms with van der Waals surface area (Å²) in [6, 6.07) is 1.85. The normalized spacial score (nSPS) is 12.2. The summed E-state index contributed by atoms with van der Waals surface area (Å²) in [6.07, 6.45) is -1.58. The van der Waals surface area contributed by atoms with Crippen molar-refractivity contribution in [1.29, 1.82) is 0 Å². The van der Waals surface area contributed by atoms with Crippen LogP contribution < -0.4 is 5.32 Å². The second-order valence-corrected chi connectivity index (χ2v) is 4.75. The molecule has 20 heavy (non-hydrogen) atoms. The van der Waals surface area contributed by atoms with E-state index in [0.29, 0.717) is 5.82 Å². The van der Waals surface area contributed by atoms with Crippen molar-refractivity contribution in [2.75, 3.05) is 5.32 Å². The predicted octanol–water partition coefficient (Wildman–Crippen LogP) is 2.83. The highest BCUT2D eigenvalue weighted by atomic mass is 19.4. The fourth-order valence-corrected chi connectivity index (χ4v) is 2.03. The van der Waals surface area contributed by atoms with E-state index in [9.17, 15) is 13.2 Å². The average molecular weight is 287 g/mol. The van der Waals surface area contributed by atoms with Crippen LogP contribution in [-0.4, -0.2) is 19.6 Å². The molecule has 0 saturated heterocycles. The number of rotatable bonds is 4. The second kappa shape index (κ2) is 5.18. The van der Waals surface area contributed by atoms with Gasteiger partial charge in [-0.25, -0.2) is 4.68 Å². The molecule has 0 spiro atoms. The van der Waals surface area contributed by atoms with E-state index in [4.69, 9.17) is 0 Å². The summed E-state index contributed by atoms with van der Waals surface area (Å²) in [5.41, 5.74) is -0.628. The van der Waals surface area contributed by atoms with E-state index in [1.165, 1.54) is 13.2 Å². The first-order valence-corrected chi connectivity index (χ1v) is 6.16. The van der Waals surface area contributed by atoms with Crippen LogP contribution in [0.15, 0.2) is 18.5 Å². The van der Waals surface area contributed by atoms with Crippen molar-refractivity contribution < 1.29 is 13.2 Å². The first kappa shape index (κ1) is 14.4. The maximum Gasteiger partial charge on any atom is 0.433 e. The van der Waals surface area contributed by atoms with E-state index in [0.717, 1.165) is 4.68 Å². The number of hydrogen-bond donors (Lipinski definition) is 1. The number of halogens is 3. The van der Waals surface area contributed by atoms with Gasteiger partial charge < -0.3 is 5.32 Å². The summed E-state index contributed by atoms with van der Waals surface area (Å²) in [4.78, 5) is 0. The molecule has 2 aromatic heterocycles. The van der Waals surface area contributed by atoms with Crippen LogP contribution >= 0.6 is 0 Å². The lowest BCUT2D eigenvalue weighted by molar-refractivity contribution is -0.144. The summed E-state index contributed by atoms with van der Waals surface area (Å²) in [6.45, 7) is 3.94. The van der Waals surface area contributed by atoms with Crippen LogP contribution in [0, 0.1) is 0 Å². The van der Waals surface area contributed by atoms with Crippen LogP contribution in [0.3, 0.4) is 0 Å². The lowest BCUT2D eigenvalue weighted by Crippen LogP contribution is -2.16. The van der Waals surface area contributed by atoms with Crippen molar-refractivity contribution in [2.45, 2.75) is 32.6 Å². The third-order valence-electron chi connectivity index (χ3n) is 2.90. The first-order chi connectivity index (χ1) is 9.30. The van der Waals surface area contributed by atoms with Gasteiger partial charge in [-0.05, 0) is 13.8 Å². The molecule has 0 saturated carbocycles. The Morgan fingerprint density at radius 3 is 2.60 bits per heavy atom. The largest absolute Gasteiger partial charge is 0.433 e. The van der Waals surface area contributed by atoms with E-state index in [1.54, 1.807) is 16.9 Å². The summed E-state index contributed by atoms with van der Waals surface area (Å²) < 4.78 is 41.3. The Morgan fingerprint density at radius 1 is 1.30 bits per heavy atom. The molecule has 0 radical (unpaired) electrons. The molecule has 0 fully saturated rings. The predicted molar refractivity (Wildman–Crippen MR) is 68.1 cm³/mol. The van der Waals surface area contributed by atoms with Gasteiger partial charge in [0.1, 0.15) is 11.5 Å². The molecule has 0 bridgehead atoms.